The lowest BCUT2D eigenvalue weighted by molar-refractivity contribution is 0.0904. The van der Waals surface area contributed by atoms with E-state index in [-0.39, 0.29) is 18.0 Å². The highest BCUT2D eigenvalue weighted by atomic mass is 19.1. The van der Waals surface area contributed by atoms with E-state index in [4.69, 9.17) is 0 Å². The minimum absolute atomic E-state index is 0.0182. The number of hydrogen-bond acceptors (Lipinski definition) is 2. The smallest absolute Gasteiger partial charge is 0.268 e. The lowest BCUT2D eigenvalue weighted by Crippen LogP contribution is -2.30. The molecule has 1 heterocycles. The standard InChI is InChI=1S/C16H17FN2O2/c17-13-5-2-1-4-12(13)15(20)10-18-16(21)14-6-3-9-19(14)11-7-8-11/h1-6,9,11,15,20H,7-8,10H2,(H,18,21). The summed E-state index contributed by atoms with van der Waals surface area (Å²) in [5.41, 5.74) is 0.772. The van der Waals surface area contributed by atoms with Gasteiger partial charge in [0.15, 0.2) is 0 Å². The van der Waals surface area contributed by atoms with Crippen LogP contribution in [0.4, 0.5) is 4.39 Å². The first-order valence-corrected chi connectivity index (χ1v) is 7.04. The Hall–Kier alpha value is -2.14. The van der Waals surface area contributed by atoms with Crippen molar-refractivity contribution in [1.82, 2.24) is 9.88 Å². The number of amides is 1. The number of hydrogen-bond donors (Lipinski definition) is 2. The number of aliphatic hydroxyl groups excluding tert-OH is 1. The Kier molecular flexibility index (Phi) is 3.75. The van der Waals surface area contributed by atoms with Crippen molar-refractivity contribution in [2.45, 2.75) is 25.0 Å². The zero-order valence-electron chi connectivity index (χ0n) is 11.5. The number of carbonyl (C=O) groups is 1. The molecular weight excluding hydrogens is 271 g/mol. The number of benzene rings is 1. The van der Waals surface area contributed by atoms with Crippen molar-refractivity contribution in [3.8, 4) is 0 Å². The van der Waals surface area contributed by atoms with Gasteiger partial charge in [-0.2, -0.15) is 0 Å². The normalized spacial score (nSPS) is 15.7. The predicted molar refractivity (Wildman–Crippen MR) is 76.4 cm³/mol. The summed E-state index contributed by atoms with van der Waals surface area (Å²) in [5, 5.41) is 12.6. The van der Waals surface area contributed by atoms with Crippen LogP contribution in [0.3, 0.4) is 0 Å². The van der Waals surface area contributed by atoms with Gasteiger partial charge in [-0.1, -0.05) is 18.2 Å². The molecule has 1 aliphatic carbocycles. The molecule has 3 rings (SSSR count). The fourth-order valence-corrected chi connectivity index (χ4v) is 2.39. The number of carbonyl (C=O) groups excluding carboxylic acids is 1. The van der Waals surface area contributed by atoms with Crippen molar-refractivity contribution in [2.24, 2.45) is 0 Å². The quantitative estimate of drug-likeness (QED) is 0.888. The maximum absolute atomic E-state index is 13.5. The van der Waals surface area contributed by atoms with Gasteiger partial charge in [-0.15, -0.1) is 0 Å². The molecule has 1 saturated carbocycles. The topological polar surface area (TPSA) is 54.3 Å². The van der Waals surface area contributed by atoms with E-state index in [0.717, 1.165) is 12.8 Å². The second-order valence-electron chi connectivity index (χ2n) is 5.28. The first-order valence-electron chi connectivity index (χ1n) is 7.04. The van der Waals surface area contributed by atoms with E-state index in [1.165, 1.54) is 12.1 Å². The largest absolute Gasteiger partial charge is 0.386 e. The number of aromatic nitrogens is 1. The second kappa shape index (κ2) is 5.69. The van der Waals surface area contributed by atoms with E-state index >= 15 is 0 Å². The number of halogens is 1. The third kappa shape index (κ3) is 2.97. The molecule has 0 spiro atoms. The van der Waals surface area contributed by atoms with Crippen LogP contribution in [0, 0.1) is 5.82 Å². The van der Waals surface area contributed by atoms with E-state index in [1.807, 2.05) is 16.8 Å². The molecule has 1 aromatic heterocycles. The summed E-state index contributed by atoms with van der Waals surface area (Å²) in [6.45, 7) is -0.0182. The molecule has 21 heavy (non-hydrogen) atoms. The summed E-state index contributed by atoms with van der Waals surface area (Å²) < 4.78 is 15.5. The van der Waals surface area contributed by atoms with Crippen LogP contribution in [0.2, 0.25) is 0 Å². The van der Waals surface area contributed by atoms with Crippen LogP contribution in [-0.2, 0) is 0 Å². The molecule has 4 nitrogen and oxygen atoms in total. The highest BCUT2D eigenvalue weighted by Gasteiger charge is 2.26. The lowest BCUT2D eigenvalue weighted by atomic mass is 10.1. The molecule has 0 aliphatic heterocycles. The molecule has 0 radical (unpaired) electrons. The molecule has 5 heteroatoms. The van der Waals surface area contributed by atoms with Crippen molar-refractivity contribution in [1.29, 1.82) is 0 Å². The van der Waals surface area contributed by atoms with Crippen LogP contribution < -0.4 is 5.32 Å². The van der Waals surface area contributed by atoms with Gasteiger partial charge in [-0.25, -0.2) is 4.39 Å². The Labute approximate surface area is 122 Å². The van der Waals surface area contributed by atoms with Gasteiger partial charge in [0, 0.05) is 24.3 Å². The summed E-state index contributed by atoms with van der Waals surface area (Å²) in [7, 11) is 0. The monoisotopic (exact) mass is 288 g/mol. The van der Waals surface area contributed by atoms with Gasteiger partial charge in [-0.05, 0) is 31.0 Å². The molecule has 110 valence electrons. The predicted octanol–water partition coefficient (Wildman–Crippen LogP) is 2.43. The van der Waals surface area contributed by atoms with E-state index in [0.29, 0.717) is 11.7 Å². The van der Waals surface area contributed by atoms with Crippen LogP contribution in [0.1, 0.15) is 41.0 Å². The van der Waals surface area contributed by atoms with Gasteiger partial charge in [0.25, 0.3) is 5.91 Å². The first-order chi connectivity index (χ1) is 10.2. The minimum atomic E-state index is -1.06. The van der Waals surface area contributed by atoms with Crippen LogP contribution in [0.5, 0.6) is 0 Å². The van der Waals surface area contributed by atoms with Gasteiger partial charge in [-0.3, -0.25) is 4.79 Å². The van der Waals surface area contributed by atoms with E-state index in [2.05, 4.69) is 5.32 Å². The Balaban J connectivity index is 1.63. The zero-order chi connectivity index (χ0) is 14.8. The maximum Gasteiger partial charge on any atom is 0.268 e. The Morgan fingerprint density at radius 1 is 1.33 bits per heavy atom. The third-order valence-corrected chi connectivity index (χ3v) is 3.67. The molecule has 1 aliphatic rings. The molecule has 0 saturated heterocycles. The van der Waals surface area contributed by atoms with E-state index in [9.17, 15) is 14.3 Å². The van der Waals surface area contributed by atoms with Crippen molar-refractivity contribution >= 4 is 5.91 Å². The average Bonchev–Trinajstić information content (AvgIpc) is 3.22. The molecule has 1 aromatic carbocycles. The molecule has 2 aromatic rings. The molecule has 1 unspecified atom stereocenters. The fraction of sp³-hybridized carbons (Fsp3) is 0.312. The summed E-state index contributed by atoms with van der Waals surface area (Å²) in [6.07, 6.45) is 3.01. The van der Waals surface area contributed by atoms with Gasteiger partial charge >= 0.3 is 0 Å². The highest BCUT2D eigenvalue weighted by Crippen LogP contribution is 2.35. The molecule has 2 N–H and O–H groups in total. The first kappa shape index (κ1) is 13.8. The van der Waals surface area contributed by atoms with Crippen LogP contribution in [0.25, 0.3) is 0 Å². The molecule has 1 atom stereocenters. The fourth-order valence-electron chi connectivity index (χ4n) is 2.39. The van der Waals surface area contributed by atoms with Gasteiger partial charge in [0.2, 0.25) is 0 Å². The van der Waals surface area contributed by atoms with Crippen LogP contribution >= 0.6 is 0 Å². The SMILES string of the molecule is O=C(NCC(O)c1ccccc1F)c1cccn1C1CC1. The van der Waals surface area contributed by atoms with Crippen LogP contribution in [0.15, 0.2) is 42.6 Å². The summed E-state index contributed by atoms with van der Waals surface area (Å²) in [6, 6.07) is 10.0. The lowest BCUT2D eigenvalue weighted by Gasteiger charge is -2.14. The van der Waals surface area contributed by atoms with Gasteiger partial charge in [0.1, 0.15) is 11.5 Å². The summed E-state index contributed by atoms with van der Waals surface area (Å²) in [5.74, 6) is -0.720. The third-order valence-electron chi connectivity index (χ3n) is 3.67. The Bertz CT molecular complexity index is 649. The van der Waals surface area contributed by atoms with Crippen molar-refractivity contribution in [3.05, 3.63) is 59.7 Å². The Morgan fingerprint density at radius 2 is 2.10 bits per heavy atom. The van der Waals surface area contributed by atoms with E-state index < -0.39 is 11.9 Å². The summed E-state index contributed by atoms with van der Waals surface area (Å²) in [4.78, 5) is 12.1. The van der Waals surface area contributed by atoms with Crippen molar-refractivity contribution in [2.75, 3.05) is 6.54 Å². The molecule has 1 amide bonds. The zero-order valence-corrected chi connectivity index (χ0v) is 11.5. The number of nitrogens with one attached hydrogen (secondary N) is 1. The molecule has 0 bridgehead atoms. The van der Waals surface area contributed by atoms with Crippen molar-refractivity contribution < 1.29 is 14.3 Å². The highest BCUT2D eigenvalue weighted by molar-refractivity contribution is 5.92. The van der Waals surface area contributed by atoms with Gasteiger partial charge in [0.05, 0.1) is 6.10 Å². The Morgan fingerprint density at radius 3 is 2.81 bits per heavy atom. The number of rotatable bonds is 5. The van der Waals surface area contributed by atoms with Gasteiger partial charge < -0.3 is 15.0 Å². The number of aliphatic hydroxyl groups is 1. The average molecular weight is 288 g/mol. The maximum atomic E-state index is 13.5. The second-order valence-corrected chi connectivity index (χ2v) is 5.28. The van der Waals surface area contributed by atoms with E-state index in [1.54, 1.807) is 18.2 Å². The summed E-state index contributed by atoms with van der Waals surface area (Å²) >= 11 is 0. The van der Waals surface area contributed by atoms with Crippen molar-refractivity contribution in [3.63, 3.8) is 0 Å². The number of nitrogens with zero attached hydrogens (tertiary/aromatic N) is 1. The molecule has 1 fully saturated rings. The molecular formula is C16H17FN2O2. The minimum Gasteiger partial charge on any atom is -0.386 e. The van der Waals surface area contributed by atoms with Crippen LogP contribution in [-0.4, -0.2) is 22.1 Å².